The van der Waals surface area contributed by atoms with Gasteiger partial charge in [0.05, 0.1) is 23.2 Å². The van der Waals surface area contributed by atoms with Gasteiger partial charge in [-0.25, -0.2) is 4.99 Å². The number of hydrogen-bond acceptors (Lipinski definition) is 5. The van der Waals surface area contributed by atoms with Crippen molar-refractivity contribution in [3.05, 3.63) is 57.6 Å². The van der Waals surface area contributed by atoms with Crippen molar-refractivity contribution >= 4 is 32.1 Å². The highest BCUT2D eigenvalue weighted by molar-refractivity contribution is 7.68. The van der Waals surface area contributed by atoms with Gasteiger partial charge in [-0.1, -0.05) is 45.8 Å². The summed E-state index contributed by atoms with van der Waals surface area (Å²) in [6.07, 6.45) is 0.980. The number of rotatable bonds is 3. The number of nitrogens with zero attached hydrogens (tertiary/aromatic N) is 1. The Labute approximate surface area is 161 Å². The van der Waals surface area contributed by atoms with Crippen LogP contribution in [0.25, 0.3) is 11.1 Å². The number of hydrogen-bond donors (Lipinski definition) is 1. The molecule has 3 nitrogen and oxygen atoms in total. The van der Waals surface area contributed by atoms with Gasteiger partial charge in [-0.3, -0.25) is 0 Å². The second-order valence-corrected chi connectivity index (χ2v) is 9.06. The number of fused-ring (bicyclic) bond motifs is 3. The summed E-state index contributed by atoms with van der Waals surface area (Å²) in [5, 5.41) is 3.66. The number of benzene rings is 2. The van der Waals surface area contributed by atoms with Gasteiger partial charge in [0.15, 0.2) is 0 Å². The molecular formula is C21H22N2OS2. The quantitative estimate of drug-likeness (QED) is 0.569. The first kappa shape index (κ1) is 17.3. The molecule has 0 amide bonds. The second-order valence-electron chi connectivity index (χ2n) is 6.93. The lowest BCUT2D eigenvalue weighted by atomic mass is 9.90. The molecule has 26 heavy (non-hydrogen) atoms. The molecular weight excluding hydrogens is 360 g/mol. The van der Waals surface area contributed by atoms with Crippen LogP contribution in [0.1, 0.15) is 31.2 Å². The summed E-state index contributed by atoms with van der Waals surface area (Å²) in [6.45, 7) is 6.63. The van der Waals surface area contributed by atoms with Crippen LogP contribution in [0.3, 0.4) is 0 Å². The molecule has 134 valence electrons. The molecule has 0 bridgehead atoms. The van der Waals surface area contributed by atoms with Crippen LogP contribution >= 0.6 is 20.7 Å². The van der Waals surface area contributed by atoms with E-state index in [0.29, 0.717) is 0 Å². The average molecular weight is 383 g/mol. The smallest absolute Gasteiger partial charge is 0.135 e. The monoisotopic (exact) mass is 382 g/mol. The van der Waals surface area contributed by atoms with Crippen LogP contribution in [0.2, 0.25) is 0 Å². The standard InChI is InChI=1S/C21H22N2OS2/c1-5-13-8-6-7-9-16(13)22-20-18-15-12-14(24-4)10-11-17(15)23-21(2,3)19(18)25-26-20/h6-12,23H,5H2,1-4H3. The van der Waals surface area contributed by atoms with Gasteiger partial charge < -0.3 is 10.1 Å². The molecule has 0 radical (unpaired) electrons. The molecule has 1 aromatic heterocycles. The number of anilines is 1. The van der Waals surface area contributed by atoms with Gasteiger partial charge in [-0.05, 0) is 50.1 Å². The fraction of sp³-hybridized carbons (Fsp3) is 0.286. The molecule has 2 aromatic carbocycles. The van der Waals surface area contributed by atoms with E-state index in [2.05, 4.69) is 62.5 Å². The summed E-state index contributed by atoms with van der Waals surface area (Å²) in [7, 11) is 5.28. The zero-order valence-electron chi connectivity index (χ0n) is 15.4. The lowest BCUT2D eigenvalue weighted by Gasteiger charge is -2.33. The summed E-state index contributed by atoms with van der Waals surface area (Å²) in [6, 6.07) is 14.6. The average Bonchev–Trinajstić information content (AvgIpc) is 3.07. The molecule has 4 rings (SSSR count). The third-order valence-corrected chi connectivity index (χ3v) is 7.39. The predicted molar refractivity (Wildman–Crippen MR) is 112 cm³/mol. The van der Waals surface area contributed by atoms with Crippen molar-refractivity contribution < 1.29 is 4.74 Å². The van der Waals surface area contributed by atoms with E-state index in [4.69, 9.17) is 9.73 Å². The van der Waals surface area contributed by atoms with Gasteiger partial charge in [0.25, 0.3) is 0 Å². The first-order valence-corrected chi connectivity index (χ1v) is 10.9. The minimum absolute atomic E-state index is 0.115. The summed E-state index contributed by atoms with van der Waals surface area (Å²) in [5.74, 6) is 0.868. The molecule has 0 saturated carbocycles. The van der Waals surface area contributed by atoms with Crippen molar-refractivity contribution in [2.75, 3.05) is 12.4 Å². The highest BCUT2D eigenvalue weighted by Gasteiger charge is 2.33. The van der Waals surface area contributed by atoms with E-state index in [1.165, 1.54) is 21.6 Å². The summed E-state index contributed by atoms with van der Waals surface area (Å²) < 4.78 is 6.55. The number of nitrogens with one attached hydrogen (secondary N) is 1. The molecule has 0 unspecified atom stereocenters. The summed E-state index contributed by atoms with van der Waals surface area (Å²) in [5.41, 5.74) is 5.77. The van der Waals surface area contributed by atoms with Crippen LogP contribution in [0.15, 0.2) is 47.5 Å². The topological polar surface area (TPSA) is 33.6 Å². The molecule has 0 saturated heterocycles. The lowest BCUT2D eigenvalue weighted by molar-refractivity contribution is 0.415. The Kier molecular flexibility index (Phi) is 4.37. The van der Waals surface area contributed by atoms with Crippen molar-refractivity contribution in [3.63, 3.8) is 0 Å². The predicted octanol–water partition coefficient (Wildman–Crippen LogP) is 5.94. The summed E-state index contributed by atoms with van der Waals surface area (Å²) in [4.78, 5) is 6.40. The largest absolute Gasteiger partial charge is 0.497 e. The van der Waals surface area contributed by atoms with Crippen LogP contribution in [0.5, 0.6) is 5.75 Å². The van der Waals surface area contributed by atoms with E-state index in [1.54, 1.807) is 17.5 Å². The number of aryl methyl sites for hydroxylation is 1. The molecule has 1 aliphatic rings. The molecule has 1 N–H and O–H groups in total. The normalized spacial score (nSPS) is 15.2. The van der Waals surface area contributed by atoms with Gasteiger partial charge in [0.2, 0.25) is 0 Å². The van der Waals surface area contributed by atoms with E-state index in [-0.39, 0.29) is 5.54 Å². The number of para-hydroxylation sites is 1. The van der Waals surface area contributed by atoms with Gasteiger partial charge in [0.1, 0.15) is 10.4 Å². The molecule has 0 fully saturated rings. The molecule has 1 aliphatic heterocycles. The van der Waals surface area contributed by atoms with E-state index < -0.39 is 0 Å². The Balaban J connectivity index is 1.99. The van der Waals surface area contributed by atoms with Crippen molar-refractivity contribution in [2.45, 2.75) is 32.7 Å². The Morgan fingerprint density at radius 2 is 1.92 bits per heavy atom. The van der Waals surface area contributed by atoms with Crippen molar-refractivity contribution in [2.24, 2.45) is 4.99 Å². The Hall–Kier alpha value is -2.11. The maximum atomic E-state index is 5.47. The highest BCUT2D eigenvalue weighted by Crippen LogP contribution is 2.46. The maximum Gasteiger partial charge on any atom is 0.135 e. The van der Waals surface area contributed by atoms with Crippen molar-refractivity contribution in [1.29, 1.82) is 0 Å². The van der Waals surface area contributed by atoms with Gasteiger partial charge in [-0.2, -0.15) is 0 Å². The molecule has 0 aliphatic carbocycles. The minimum atomic E-state index is -0.115. The second kappa shape index (κ2) is 6.56. The first-order chi connectivity index (χ1) is 12.5. The molecule has 5 heteroatoms. The fourth-order valence-corrected chi connectivity index (χ4v) is 6.31. The molecule has 0 spiro atoms. The van der Waals surface area contributed by atoms with Crippen molar-refractivity contribution in [3.8, 4) is 16.9 Å². The highest BCUT2D eigenvalue weighted by atomic mass is 32.9. The van der Waals surface area contributed by atoms with E-state index >= 15 is 0 Å². The van der Waals surface area contributed by atoms with Gasteiger partial charge in [-0.15, -0.1) is 0 Å². The van der Waals surface area contributed by atoms with Crippen LogP contribution < -0.4 is 14.7 Å². The van der Waals surface area contributed by atoms with Crippen LogP contribution in [-0.2, 0) is 12.0 Å². The summed E-state index contributed by atoms with van der Waals surface area (Å²) >= 11 is 0. The van der Waals surface area contributed by atoms with Crippen molar-refractivity contribution in [1.82, 2.24) is 0 Å². The Bertz CT molecular complexity index is 1030. The van der Waals surface area contributed by atoms with E-state index in [1.807, 2.05) is 16.4 Å². The van der Waals surface area contributed by atoms with Crippen LogP contribution in [-0.4, -0.2) is 7.11 Å². The van der Waals surface area contributed by atoms with Crippen LogP contribution in [0.4, 0.5) is 11.4 Å². The molecule has 0 atom stereocenters. The van der Waals surface area contributed by atoms with Gasteiger partial charge in [0, 0.05) is 16.8 Å². The minimum Gasteiger partial charge on any atom is -0.497 e. The van der Waals surface area contributed by atoms with E-state index in [9.17, 15) is 0 Å². The Morgan fingerprint density at radius 1 is 1.12 bits per heavy atom. The lowest BCUT2D eigenvalue weighted by Crippen LogP contribution is -2.31. The number of methoxy groups -OCH3 is 1. The molecule has 2 heterocycles. The van der Waals surface area contributed by atoms with Crippen LogP contribution in [0, 0.1) is 0 Å². The van der Waals surface area contributed by atoms with Gasteiger partial charge >= 0.3 is 0 Å². The third kappa shape index (κ3) is 2.85. The number of ether oxygens (including phenoxy) is 1. The fourth-order valence-electron chi connectivity index (χ4n) is 3.38. The maximum absolute atomic E-state index is 5.47. The van der Waals surface area contributed by atoms with E-state index in [0.717, 1.165) is 28.2 Å². The SMILES string of the molecule is CCc1ccccc1N=c1ssc2c1-c1cc(OC)ccc1NC2(C)C. The first-order valence-electron chi connectivity index (χ1n) is 8.76. The Morgan fingerprint density at radius 3 is 2.69 bits per heavy atom. The zero-order valence-corrected chi connectivity index (χ0v) is 17.1. The third-order valence-electron chi connectivity index (χ3n) is 4.75. The zero-order chi connectivity index (χ0) is 18.3. The molecule has 3 aromatic rings.